The van der Waals surface area contributed by atoms with Crippen LogP contribution in [0.15, 0.2) is 35.5 Å². The van der Waals surface area contributed by atoms with Crippen molar-refractivity contribution in [3.63, 3.8) is 0 Å². The third kappa shape index (κ3) is 4.35. The standard InChI is InChI=1S/C20H24N2O5/c1-13-19(20(24)27-14-8-4-2-3-5-9-14)16(12-18(23)21-13)15-10-6-7-11-17(15)22(25)26/h6-7,10-11,14,16H,2-5,8-9,12H2,1H3,(H,21,23)/t16-/m0/s1. The Morgan fingerprint density at radius 2 is 1.85 bits per heavy atom. The molecule has 0 spiro atoms. The number of allylic oxidation sites excluding steroid dienone is 1. The Balaban J connectivity index is 1.92. The Hall–Kier alpha value is -2.70. The summed E-state index contributed by atoms with van der Waals surface area (Å²) in [7, 11) is 0. The molecule has 1 fully saturated rings. The number of esters is 1. The molecule has 1 saturated carbocycles. The van der Waals surface area contributed by atoms with Crippen molar-refractivity contribution in [2.45, 2.75) is 63.9 Å². The molecule has 1 aliphatic heterocycles. The van der Waals surface area contributed by atoms with Gasteiger partial charge in [0.2, 0.25) is 5.91 Å². The molecule has 27 heavy (non-hydrogen) atoms. The van der Waals surface area contributed by atoms with Crippen molar-refractivity contribution in [2.24, 2.45) is 0 Å². The van der Waals surface area contributed by atoms with Crippen LogP contribution in [0, 0.1) is 10.1 Å². The second kappa shape index (κ2) is 8.33. The third-order valence-corrected chi connectivity index (χ3v) is 5.27. The van der Waals surface area contributed by atoms with Gasteiger partial charge >= 0.3 is 5.97 Å². The van der Waals surface area contributed by atoms with Gasteiger partial charge in [0, 0.05) is 29.7 Å². The van der Waals surface area contributed by atoms with Gasteiger partial charge in [0.25, 0.3) is 5.69 Å². The van der Waals surface area contributed by atoms with Gasteiger partial charge in [0.05, 0.1) is 10.5 Å². The Kier molecular flexibility index (Phi) is 5.88. The van der Waals surface area contributed by atoms with E-state index < -0.39 is 16.8 Å². The van der Waals surface area contributed by atoms with E-state index in [0.29, 0.717) is 16.8 Å². The number of nitrogens with one attached hydrogen (secondary N) is 1. The van der Waals surface area contributed by atoms with Crippen LogP contribution in [0.5, 0.6) is 0 Å². The first-order valence-corrected chi connectivity index (χ1v) is 9.42. The Bertz CT molecular complexity index is 778. The first-order valence-electron chi connectivity index (χ1n) is 9.42. The molecular formula is C20H24N2O5. The second-order valence-electron chi connectivity index (χ2n) is 7.18. The number of ether oxygens (including phenoxy) is 1. The van der Waals surface area contributed by atoms with Crippen molar-refractivity contribution >= 4 is 17.6 Å². The molecule has 7 heteroatoms. The molecule has 0 unspecified atom stereocenters. The van der Waals surface area contributed by atoms with E-state index in [4.69, 9.17) is 4.74 Å². The Morgan fingerprint density at radius 3 is 2.52 bits per heavy atom. The number of hydrogen-bond acceptors (Lipinski definition) is 5. The number of benzene rings is 1. The lowest BCUT2D eigenvalue weighted by molar-refractivity contribution is -0.385. The normalized spacial score (nSPS) is 21.4. The molecular weight excluding hydrogens is 348 g/mol. The number of carbonyl (C=O) groups is 2. The van der Waals surface area contributed by atoms with Crippen LogP contribution in [0.2, 0.25) is 0 Å². The van der Waals surface area contributed by atoms with Crippen molar-refractivity contribution < 1.29 is 19.2 Å². The quantitative estimate of drug-likeness (QED) is 0.376. The molecule has 0 radical (unpaired) electrons. The topological polar surface area (TPSA) is 98.5 Å². The van der Waals surface area contributed by atoms with Crippen LogP contribution < -0.4 is 5.32 Å². The van der Waals surface area contributed by atoms with Crippen LogP contribution in [-0.2, 0) is 14.3 Å². The van der Waals surface area contributed by atoms with Crippen LogP contribution in [0.4, 0.5) is 5.69 Å². The fraction of sp³-hybridized carbons (Fsp3) is 0.500. The predicted molar refractivity (Wildman–Crippen MR) is 98.9 cm³/mol. The molecule has 1 atom stereocenters. The Morgan fingerprint density at radius 1 is 1.19 bits per heavy atom. The first kappa shape index (κ1) is 19.1. The van der Waals surface area contributed by atoms with Gasteiger partial charge in [0.1, 0.15) is 6.10 Å². The monoisotopic (exact) mass is 372 g/mol. The third-order valence-electron chi connectivity index (χ3n) is 5.27. The summed E-state index contributed by atoms with van der Waals surface area (Å²) in [6, 6.07) is 6.25. The minimum absolute atomic E-state index is 0.0166. The fourth-order valence-corrected chi connectivity index (χ4v) is 3.96. The van der Waals surface area contributed by atoms with Gasteiger partial charge in [-0.05, 0) is 32.6 Å². The van der Waals surface area contributed by atoms with E-state index in [0.717, 1.165) is 38.5 Å². The van der Waals surface area contributed by atoms with Crippen LogP contribution in [0.25, 0.3) is 0 Å². The smallest absolute Gasteiger partial charge is 0.336 e. The number of carbonyl (C=O) groups excluding carboxylic acids is 2. The molecule has 1 heterocycles. The maximum absolute atomic E-state index is 13.0. The molecule has 2 aliphatic rings. The zero-order chi connectivity index (χ0) is 19.4. The van der Waals surface area contributed by atoms with Gasteiger partial charge in [-0.3, -0.25) is 14.9 Å². The van der Waals surface area contributed by atoms with Crippen molar-refractivity contribution in [2.75, 3.05) is 0 Å². The largest absolute Gasteiger partial charge is 0.459 e. The summed E-state index contributed by atoms with van der Waals surface area (Å²) in [5.41, 5.74) is 0.996. The second-order valence-corrected chi connectivity index (χ2v) is 7.18. The lowest BCUT2D eigenvalue weighted by Gasteiger charge is -2.27. The molecule has 1 aromatic carbocycles. The summed E-state index contributed by atoms with van der Waals surface area (Å²) in [5.74, 6) is -1.43. The van der Waals surface area contributed by atoms with Crippen LogP contribution >= 0.6 is 0 Å². The highest BCUT2D eigenvalue weighted by atomic mass is 16.6. The number of para-hydroxylation sites is 1. The van der Waals surface area contributed by atoms with Gasteiger partial charge in [-0.2, -0.15) is 0 Å². The first-order chi connectivity index (χ1) is 13.0. The van der Waals surface area contributed by atoms with Gasteiger partial charge in [0.15, 0.2) is 0 Å². The lowest BCUT2D eigenvalue weighted by Crippen LogP contribution is -2.35. The highest BCUT2D eigenvalue weighted by molar-refractivity contribution is 5.96. The number of amides is 1. The summed E-state index contributed by atoms with van der Waals surface area (Å²) in [5, 5.41) is 14.1. The molecule has 3 rings (SSSR count). The van der Waals surface area contributed by atoms with Crippen molar-refractivity contribution in [3.05, 3.63) is 51.2 Å². The van der Waals surface area contributed by atoms with E-state index in [1.165, 1.54) is 6.07 Å². The van der Waals surface area contributed by atoms with Crippen LogP contribution in [-0.4, -0.2) is 22.9 Å². The highest BCUT2D eigenvalue weighted by Crippen LogP contribution is 2.38. The van der Waals surface area contributed by atoms with Crippen LogP contribution in [0.3, 0.4) is 0 Å². The average Bonchev–Trinajstić information content (AvgIpc) is 2.89. The summed E-state index contributed by atoms with van der Waals surface area (Å²) in [6.45, 7) is 1.64. The van der Waals surface area contributed by atoms with Gasteiger partial charge in [-0.15, -0.1) is 0 Å². The predicted octanol–water partition coefficient (Wildman–Crippen LogP) is 3.74. The lowest BCUT2D eigenvalue weighted by atomic mass is 9.83. The van der Waals surface area contributed by atoms with E-state index in [2.05, 4.69) is 5.32 Å². The van der Waals surface area contributed by atoms with E-state index in [1.807, 2.05) is 0 Å². The molecule has 1 aromatic rings. The van der Waals surface area contributed by atoms with Gasteiger partial charge < -0.3 is 10.1 Å². The molecule has 144 valence electrons. The van der Waals surface area contributed by atoms with E-state index >= 15 is 0 Å². The summed E-state index contributed by atoms with van der Waals surface area (Å²) < 4.78 is 5.75. The van der Waals surface area contributed by atoms with Crippen molar-refractivity contribution in [3.8, 4) is 0 Å². The zero-order valence-corrected chi connectivity index (χ0v) is 15.4. The van der Waals surface area contributed by atoms with E-state index in [-0.39, 0.29) is 24.1 Å². The SMILES string of the molecule is CC1=C(C(=O)OC2CCCCCC2)[C@H](c2ccccc2[N+](=O)[O-])CC(=O)N1. The molecule has 1 aliphatic carbocycles. The summed E-state index contributed by atoms with van der Waals surface area (Å²) in [6.07, 6.45) is 5.86. The molecule has 7 nitrogen and oxygen atoms in total. The summed E-state index contributed by atoms with van der Waals surface area (Å²) in [4.78, 5) is 36.0. The summed E-state index contributed by atoms with van der Waals surface area (Å²) >= 11 is 0. The number of hydrogen-bond donors (Lipinski definition) is 1. The maximum atomic E-state index is 13.0. The number of nitrogens with zero attached hydrogens (tertiary/aromatic N) is 1. The molecule has 1 N–H and O–H groups in total. The minimum Gasteiger partial charge on any atom is -0.459 e. The zero-order valence-electron chi connectivity index (χ0n) is 15.4. The van der Waals surface area contributed by atoms with Crippen molar-refractivity contribution in [1.82, 2.24) is 5.32 Å². The minimum atomic E-state index is -0.682. The van der Waals surface area contributed by atoms with Gasteiger partial charge in [-0.1, -0.05) is 31.0 Å². The average molecular weight is 372 g/mol. The van der Waals surface area contributed by atoms with E-state index in [9.17, 15) is 19.7 Å². The molecule has 0 saturated heterocycles. The fourth-order valence-electron chi connectivity index (χ4n) is 3.96. The highest BCUT2D eigenvalue weighted by Gasteiger charge is 2.36. The number of nitro benzene ring substituents is 1. The van der Waals surface area contributed by atoms with E-state index in [1.54, 1.807) is 25.1 Å². The Labute approximate surface area is 157 Å². The number of rotatable bonds is 4. The maximum Gasteiger partial charge on any atom is 0.336 e. The molecule has 1 amide bonds. The van der Waals surface area contributed by atoms with Gasteiger partial charge in [-0.25, -0.2) is 4.79 Å². The van der Waals surface area contributed by atoms with Crippen molar-refractivity contribution in [1.29, 1.82) is 0 Å². The molecule has 0 aromatic heterocycles. The van der Waals surface area contributed by atoms with Crippen LogP contribution in [0.1, 0.15) is 63.4 Å². The number of nitro groups is 1. The molecule has 0 bridgehead atoms.